The molecule has 0 unspecified atom stereocenters. The average Bonchev–Trinajstić information content (AvgIpc) is 2.68. The number of hydrogen-bond acceptors (Lipinski definition) is 7. The Bertz CT molecular complexity index is 1070. The third kappa shape index (κ3) is 3.14. The summed E-state index contributed by atoms with van der Waals surface area (Å²) in [4.78, 5) is 16.7. The van der Waals surface area contributed by atoms with Crippen LogP contribution in [0.25, 0.3) is 10.9 Å². The van der Waals surface area contributed by atoms with E-state index in [-0.39, 0.29) is 5.88 Å². The maximum Gasteiger partial charge on any atom is 0.248 e. The molecule has 0 radical (unpaired) electrons. The van der Waals surface area contributed by atoms with Crippen molar-refractivity contribution in [2.75, 3.05) is 11.1 Å². The predicted octanol–water partition coefficient (Wildman–Crippen LogP) is 4.30. The van der Waals surface area contributed by atoms with Crippen LogP contribution in [-0.4, -0.2) is 19.9 Å². The molecule has 0 aliphatic rings. The number of nitrogens with two attached hydrogens (primary N) is 1. The molecule has 3 aromatic heterocycles. The number of nitrogen functional groups attached to an aromatic ring is 1. The van der Waals surface area contributed by atoms with E-state index in [1.807, 2.05) is 36.4 Å². The zero-order valence-electron chi connectivity index (χ0n) is 13.4. The molecule has 3 N–H and O–H groups in total. The molecule has 4 aromatic rings. The Hall–Kier alpha value is -3.26. The lowest BCUT2D eigenvalue weighted by molar-refractivity contribution is 0.469. The van der Waals surface area contributed by atoms with Crippen molar-refractivity contribution in [1.82, 2.24) is 19.9 Å². The number of halogens is 1. The van der Waals surface area contributed by atoms with Crippen molar-refractivity contribution < 1.29 is 4.74 Å². The summed E-state index contributed by atoms with van der Waals surface area (Å²) in [5.41, 5.74) is 8.02. The molecular formula is C18H13BrN6O. The molecule has 4 rings (SSSR count). The number of nitrogens with zero attached hydrogens (tertiary/aromatic N) is 4. The third-order valence-corrected chi connectivity index (χ3v) is 4.37. The first-order chi connectivity index (χ1) is 12.7. The molecule has 0 saturated heterocycles. The van der Waals surface area contributed by atoms with Crippen LogP contribution in [0, 0.1) is 0 Å². The van der Waals surface area contributed by atoms with E-state index in [9.17, 15) is 0 Å². The minimum absolute atomic E-state index is 0.255. The fraction of sp³-hybridized carbons (Fsp3) is 0. The Labute approximate surface area is 157 Å². The molecule has 0 aliphatic carbocycles. The topological polar surface area (TPSA) is 98.8 Å². The standard InChI is InChI=1S/C18H13BrN6O/c19-13-3-4-14(16-12(13)2-1-7-22-16)26-18-15(20)17(23-10-24-18)25-11-5-8-21-9-6-11/h1-10H,20H2,(H,21,23,24,25). The molecule has 26 heavy (non-hydrogen) atoms. The molecule has 0 aliphatic heterocycles. The number of rotatable bonds is 4. The van der Waals surface area contributed by atoms with Crippen molar-refractivity contribution in [3.63, 3.8) is 0 Å². The average molecular weight is 409 g/mol. The van der Waals surface area contributed by atoms with Gasteiger partial charge in [-0.05, 0) is 30.3 Å². The van der Waals surface area contributed by atoms with Crippen LogP contribution in [0.15, 0.2) is 65.8 Å². The van der Waals surface area contributed by atoms with Crippen LogP contribution >= 0.6 is 15.9 Å². The molecule has 8 heteroatoms. The highest BCUT2D eigenvalue weighted by atomic mass is 79.9. The van der Waals surface area contributed by atoms with Crippen LogP contribution < -0.4 is 15.8 Å². The Morgan fingerprint density at radius 3 is 2.65 bits per heavy atom. The normalized spacial score (nSPS) is 10.7. The summed E-state index contributed by atoms with van der Waals surface area (Å²) in [5.74, 6) is 1.27. The number of anilines is 3. The fourth-order valence-electron chi connectivity index (χ4n) is 2.43. The zero-order valence-corrected chi connectivity index (χ0v) is 15.0. The number of aromatic nitrogens is 4. The summed E-state index contributed by atoms with van der Waals surface area (Å²) < 4.78 is 6.88. The van der Waals surface area contributed by atoms with Crippen LogP contribution in [0.3, 0.4) is 0 Å². The van der Waals surface area contributed by atoms with Crippen molar-refractivity contribution in [3.05, 3.63) is 65.8 Å². The number of pyridine rings is 2. The van der Waals surface area contributed by atoms with Gasteiger partial charge in [-0.3, -0.25) is 9.97 Å². The van der Waals surface area contributed by atoms with E-state index in [0.29, 0.717) is 22.8 Å². The molecule has 3 heterocycles. The number of ether oxygens (including phenoxy) is 1. The highest BCUT2D eigenvalue weighted by Gasteiger charge is 2.13. The molecule has 0 spiro atoms. The van der Waals surface area contributed by atoms with Gasteiger partial charge in [0, 0.05) is 34.1 Å². The summed E-state index contributed by atoms with van der Waals surface area (Å²) in [7, 11) is 0. The van der Waals surface area contributed by atoms with Gasteiger partial charge in [-0.15, -0.1) is 0 Å². The Morgan fingerprint density at radius 2 is 1.81 bits per heavy atom. The van der Waals surface area contributed by atoms with Gasteiger partial charge in [0.05, 0.1) is 0 Å². The number of nitrogens with one attached hydrogen (secondary N) is 1. The van der Waals surface area contributed by atoms with E-state index in [0.717, 1.165) is 15.5 Å². The summed E-state index contributed by atoms with van der Waals surface area (Å²) in [6.07, 6.45) is 6.46. The first-order valence-corrected chi connectivity index (χ1v) is 8.50. The van der Waals surface area contributed by atoms with Gasteiger partial charge in [0.2, 0.25) is 5.88 Å². The molecule has 0 atom stereocenters. The molecule has 0 fully saturated rings. The van der Waals surface area contributed by atoms with E-state index < -0.39 is 0 Å². The van der Waals surface area contributed by atoms with E-state index in [2.05, 4.69) is 41.2 Å². The lowest BCUT2D eigenvalue weighted by Crippen LogP contribution is -2.03. The van der Waals surface area contributed by atoms with Crippen LogP contribution in [-0.2, 0) is 0 Å². The summed E-state index contributed by atoms with van der Waals surface area (Å²) in [6, 6.07) is 11.2. The van der Waals surface area contributed by atoms with Gasteiger partial charge in [0.25, 0.3) is 0 Å². The molecule has 0 amide bonds. The quantitative estimate of drug-likeness (QED) is 0.519. The lowest BCUT2D eigenvalue weighted by atomic mass is 10.2. The maximum atomic E-state index is 6.20. The van der Waals surface area contributed by atoms with Crippen LogP contribution in [0.4, 0.5) is 17.2 Å². The van der Waals surface area contributed by atoms with E-state index in [4.69, 9.17) is 10.5 Å². The summed E-state index contributed by atoms with van der Waals surface area (Å²) >= 11 is 3.52. The molecular weight excluding hydrogens is 396 g/mol. The second kappa shape index (κ2) is 6.93. The third-order valence-electron chi connectivity index (χ3n) is 3.68. The summed E-state index contributed by atoms with van der Waals surface area (Å²) in [6.45, 7) is 0. The minimum atomic E-state index is 0.255. The molecule has 0 saturated carbocycles. The van der Waals surface area contributed by atoms with Gasteiger partial charge in [-0.25, -0.2) is 4.98 Å². The predicted molar refractivity (Wildman–Crippen MR) is 103 cm³/mol. The van der Waals surface area contributed by atoms with Gasteiger partial charge in [0.1, 0.15) is 17.5 Å². The first-order valence-electron chi connectivity index (χ1n) is 7.71. The van der Waals surface area contributed by atoms with Gasteiger partial charge in [-0.1, -0.05) is 22.0 Å². The largest absolute Gasteiger partial charge is 0.435 e. The highest BCUT2D eigenvalue weighted by molar-refractivity contribution is 9.10. The van der Waals surface area contributed by atoms with Crippen molar-refractivity contribution in [3.8, 4) is 11.6 Å². The smallest absolute Gasteiger partial charge is 0.248 e. The molecule has 128 valence electrons. The van der Waals surface area contributed by atoms with Crippen molar-refractivity contribution in [2.24, 2.45) is 0 Å². The van der Waals surface area contributed by atoms with Gasteiger partial charge >= 0.3 is 0 Å². The molecule has 0 bridgehead atoms. The Balaban J connectivity index is 1.70. The van der Waals surface area contributed by atoms with Gasteiger partial charge < -0.3 is 15.8 Å². The number of hydrogen-bond donors (Lipinski definition) is 2. The van der Waals surface area contributed by atoms with Crippen LogP contribution in [0.1, 0.15) is 0 Å². The van der Waals surface area contributed by atoms with Crippen molar-refractivity contribution in [1.29, 1.82) is 0 Å². The highest BCUT2D eigenvalue weighted by Crippen LogP contribution is 2.35. The van der Waals surface area contributed by atoms with Gasteiger partial charge in [-0.2, -0.15) is 4.98 Å². The van der Waals surface area contributed by atoms with Crippen LogP contribution in [0.2, 0.25) is 0 Å². The Morgan fingerprint density at radius 1 is 0.962 bits per heavy atom. The number of fused-ring (bicyclic) bond motifs is 1. The molecule has 1 aromatic carbocycles. The zero-order chi connectivity index (χ0) is 17.9. The number of benzene rings is 1. The fourth-order valence-corrected chi connectivity index (χ4v) is 2.88. The van der Waals surface area contributed by atoms with Crippen molar-refractivity contribution >= 4 is 44.0 Å². The van der Waals surface area contributed by atoms with E-state index in [1.165, 1.54) is 6.33 Å². The van der Waals surface area contributed by atoms with Gasteiger partial charge in [0.15, 0.2) is 11.6 Å². The van der Waals surface area contributed by atoms with E-state index >= 15 is 0 Å². The second-order valence-corrected chi connectivity index (χ2v) is 6.20. The SMILES string of the molecule is Nc1c(Nc2ccncc2)ncnc1Oc1ccc(Br)c2cccnc12. The lowest BCUT2D eigenvalue weighted by Gasteiger charge is -2.13. The van der Waals surface area contributed by atoms with E-state index in [1.54, 1.807) is 18.6 Å². The second-order valence-electron chi connectivity index (χ2n) is 5.35. The maximum absolute atomic E-state index is 6.20. The summed E-state index contributed by atoms with van der Waals surface area (Å²) in [5, 5.41) is 4.06. The van der Waals surface area contributed by atoms with Crippen molar-refractivity contribution in [2.45, 2.75) is 0 Å². The first kappa shape index (κ1) is 16.2. The minimum Gasteiger partial charge on any atom is -0.435 e. The van der Waals surface area contributed by atoms with Crippen LogP contribution in [0.5, 0.6) is 11.6 Å². The molecule has 7 nitrogen and oxygen atoms in total. The Kier molecular flexibility index (Phi) is 4.32. The monoisotopic (exact) mass is 408 g/mol.